The average Bonchev–Trinajstić information content (AvgIpc) is 2.84. The summed E-state index contributed by atoms with van der Waals surface area (Å²) < 4.78 is 25.4. The Labute approximate surface area is 230 Å². The lowest BCUT2D eigenvalue weighted by atomic mass is 9.64. The second kappa shape index (κ2) is 9.96. The van der Waals surface area contributed by atoms with E-state index in [0.717, 1.165) is 46.5 Å². The van der Waals surface area contributed by atoms with Gasteiger partial charge in [0.2, 0.25) is 0 Å². The minimum Gasteiger partial charge on any atom is -0.490 e. The van der Waals surface area contributed by atoms with Crippen molar-refractivity contribution in [3.05, 3.63) is 81.9 Å². The summed E-state index contributed by atoms with van der Waals surface area (Å²) >= 11 is 0. The van der Waals surface area contributed by atoms with Crippen molar-refractivity contribution in [2.75, 3.05) is 13.7 Å². The topological polar surface area (TPSA) is 55.8 Å². The van der Waals surface area contributed by atoms with Gasteiger partial charge in [-0.15, -0.1) is 0 Å². The number of halogens is 1. The fourth-order valence-electron chi connectivity index (χ4n) is 6.33. The molecule has 0 atom stereocenters. The number of hydrogen-bond acceptors (Lipinski definition) is 5. The molecule has 0 saturated heterocycles. The van der Waals surface area contributed by atoms with Crippen LogP contribution < -0.4 is 9.47 Å². The smallest absolute Gasteiger partial charge is 0.162 e. The summed E-state index contributed by atoms with van der Waals surface area (Å²) in [5.74, 6) is 0.623. The summed E-state index contributed by atoms with van der Waals surface area (Å²) in [6, 6.07) is 11.9. The van der Waals surface area contributed by atoms with E-state index in [-0.39, 0.29) is 34.8 Å². The lowest BCUT2D eigenvalue weighted by molar-refractivity contribution is -0.119. The highest BCUT2D eigenvalue weighted by Gasteiger charge is 2.48. The molecule has 0 radical (unpaired) electrons. The zero-order chi connectivity index (χ0) is 28.1. The van der Waals surface area contributed by atoms with Crippen molar-refractivity contribution in [1.82, 2.24) is 4.90 Å². The number of Topliss-reactive ketones (excluding diaryl/α,β-unsaturated/α-hetero) is 2. The van der Waals surface area contributed by atoms with Gasteiger partial charge in [0.25, 0.3) is 0 Å². The molecule has 0 bridgehead atoms. The first-order valence-corrected chi connectivity index (χ1v) is 13.8. The summed E-state index contributed by atoms with van der Waals surface area (Å²) in [5, 5.41) is 0. The van der Waals surface area contributed by atoms with E-state index < -0.39 is 5.92 Å². The molecule has 0 fully saturated rings. The van der Waals surface area contributed by atoms with Crippen LogP contribution in [0.2, 0.25) is 0 Å². The third-order valence-corrected chi connectivity index (χ3v) is 8.09. The molecule has 0 N–H and O–H groups in total. The number of rotatable bonds is 6. The Bertz CT molecular complexity index is 1330. The summed E-state index contributed by atoms with van der Waals surface area (Å²) in [6.07, 6.45) is 2.47. The monoisotopic (exact) mass is 531 g/mol. The molecule has 0 amide bonds. The van der Waals surface area contributed by atoms with Gasteiger partial charge in [-0.2, -0.15) is 0 Å². The highest BCUT2D eigenvalue weighted by Crippen LogP contribution is 2.54. The van der Waals surface area contributed by atoms with Crippen LogP contribution in [-0.2, 0) is 16.2 Å². The van der Waals surface area contributed by atoms with Crippen LogP contribution in [0.15, 0.2) is 65.0 Å². The van der Waals surface area contributed by atoms with Crippen molar-refractivity contribution >= 4 is 11.6 Å². The van der Waals surface area contributed by atoms with E-state index in [1.165, 1.54) is 12.1 Å². The van der Waals surface area contributed by atoms with Crippen LogP contribution in [0.5, 0.6) is 11.5 Å². The van der Waals surface area contributed by atoms with Crippen molar-refractivity contribution in [2.24, 2.45) is 10.8 Å². The maximum absolute atomic E-state index is 13.7. The number of ether oxygens (including phenoxy) is 2. The molecule has 3 aliphatic rings. The van der Waals surface area contributed by atoms with Gasteiger partial charge in [0, 0.05) is 48.3 Å². The molecule has 2 aromatic rings. The third kappa shape index (κ3) is 5.26. The van der Waals surface area contributed by atoms with Gasteiger partial charge in [-0.25, -0.2) is 4.39 Å². The molecule has 2 aliphatic carbocycles. The molecule has 1 aliphatic heterocycles. The second-order valence-corrected chi connectivity index (χ2v) is 12.6. The van der Waals surface area contributed by atoms with Crippen LogP contribution in [0.1, 0.15) is 77.3 Å². The summed E-state index contributed by atoms with van der Waals surface area (Å²) in [5.41, 5.74) is 4.96. The van der Waals surface area contributed by atoms with Gasteiger partial charge in [0.15, 0.2) is 23.1 Å². The highest BCUT2D eigenvalue weighted by atomic mass is 19.1. The molecule has 0 unspecified atom stereocenters. The highest BCUT2D eigenvalue weighted by molar-refractivity contribution is 6.06. The predicted octanol–water partition coefficient (Wildman–Crippen LogP) is 7.12. The van der Waals surface area contributed by atoms with Crippen LogP contribution >= 0.6 is 0 Å². The number of carbonyl (C=O) groups excluding carboxylic acids is 2. The van der Waals surface area contributed by atoms with Crippen molar-refractivity contribution in [3.8, 4) is 11.5 Å². The number of nitrogens with zero attached hydrogens (tertiary/aromatic N) is 1. The fraction of sp³-hybridized carbons (Fsp3) is 0.455. The minimum atomic E-state index is -0.427. The minimum absolute atomic E-state index is 0.108. The zero-order valence-electron chi connectivity index (χ0n) is 23.8. The van der Waals surface area contributed by atoms with E-state index in [1.54, 1.807) is 12.1 Å². The summed E-state index contributed by atoms with van der Waals surface area (Å²) in [6.45, 7) is 11.2. The largest absolute Gasteiger partial charge is 0.490 e. The van der Waals surface area contributed by atoms with Crippen molar-refractivity contribution in [3.63, 3.8) is 0 Å². The molecular weight excluding hydrogens is 493 g/mol. The molecule has 6 heteroatoms. The summed E-state index contributed by atoms with van der Waals surface area (Å²) in [4.78, 5) is 29.6. The fourth-order valence-corrected chi connectivity index (χ4v) is 6.33. The third-order valence-electron chi connectivity index (χ3n) is 8.09. The van der Waals surface area contributed by atoms with Gasteiger partial charge >= 0.3 is 0 Å². The first-order valence-electron chi connectivity index (χ1n) is 13.8. The average molecular weight is 532 g/mol. The van der Waals surface area contributed by atoms with Crippen LogP contribution in [0.25, 0.3) is 0 Å². The van der Waals surface area contributed by atoms with Crippen LogP contribution in [0.3, 0.4) is 0 Å². The Hall–Kier alpha value is -3.41. The summed E-state index contributed by atoms with van der Waals surface area (Å²) in [7, 11) is 2.02. The van der Waals surface area contributed by atoms with E-state index in [0.29, 0.717) is 30.9 Å². The molecule has 5 nitrogen and oxygen atoms in total. The molecule has 2 aromatic carbocycles. The predicted molar refractivity (Wildman–Crippen MR) is 149 cm³/mol. The van der Waals surface area contributed by atoms with Crippen molar-refractivity contribution in [2.45, 2.75) is 72.8 Å². The second-order valence-electron chi connectivity index (χ2n) is 12.6. The van der Waals surface area contributed by atoms with E-state index in [4.69, 9.17) is 9.47 Å². The first-order chi connectivity index (χ1) is 18.4. The van der Waals surface area contributed by atoms with E-state index in [2.05, 4.69) is 32.6 Å². The normalized spacial score (nSPS) is 20.6. The van der Waals surface area contributed by atoms with Gasteiger partial charge in [-0.3, -0.25) is 9.59 Å². The van der Waals surface area contributed by atoms with Gasteiger partial charge in [-0.05, 0) is 66.0 Å². The standard InChI is InChI=1S/C33H38FNO4/c1-7-38-28-14-21(10-13-27(28)39-19-20-8-11-22(34)12-9-20)29-30-23(15-32(2,3)17-25(30)36)35(6)24-16-33(4,5)18-26(37)31(24)29/h8-14,29H,7,15-19H2,1-6H3. The molecule has 39 heavy (non-hydrogen) atoms. The zero-order valence-corrected chi connectivity index (χ0v) is 23.8. The first kappa shape index (κ1) is 27.2. The lowest BCUT2D eigenvalue weighted by Gasteiger charge is -2.47. The van der Waals surface area contributed by atoms with Gasteiger partial charge in [0.05, 0.1) is 6.61 Å². The van der Waals surface area contributed by atoms with E-state index in [1.807, 2.05) is 32.2 Å². The van der Waals surface area contributed by atoms with E-state index in [9.17, 15) is 14.0 Å². The molecular formula is C33H38FNO4. The van der Waals surface area contributed by atoms with Crippen LogP contribution in [0, 0.1) is 16.6 Å². The molecule has 0 saturated carbocycles. The maximum atomic E-state index is 13.7. The molecule has 0 aromatic heterocycles. The molecule has 5 rings (SSSR count). The van der Waals surface area contributed by atoms with Crippen molar-refractivity contribution in [1.29, 1.82) is 0 Å². The van der Waals surface area contributed by atoms with Gasteiger partial charge in [-0.1, -0.05) is 45.9 Å². The number of allylic oxidation sites excluding steroid dienone is 4. The quantitative estimate of drug-likeness (QED) is 0.397. The van der Waals surface area contributed by atoms with Crippen molar-refractivity contribution < 1.29 is 23.5 Å². The lowest BCUT2D eigenvalue weighted by Crippen LogP contribution is -2.43. The Morgan fingerprint density at radius 2 is 1.38 bits per heavy atom. The molecule has 1 heterocycles. The number of benzene rings is 2. The Balaban J connectivity index is 1.59. The molecule has 206 valence electrons. The molecule has 0 spiro atoms. The van der Waals surface area contributed by atoms with Gasteiger partial charge in [0.1, 0.15) is 12.4 Å². The Morgan fingerprint density at radius 3 is 1.92 bits per heavy atom. The van der Waals surface area contributed by atoms with E-state index >= 15 is 0 Å². The van der Waals surface area contributed by atoms with Crippen LogP contribution in [0.4, 0.5) is 4.39 Å². The number of hydrogen-bond donors (Lipinski definition) is 0. The van der Waals surface area contributed by atoms with Crippen LogP contribution in [-0.4, -0.2) is 30.1 Å². The number of ketones is 2. The number of carbonyl (C=O) groups is 2. The Kier molecular flexibility index (Phi) is 6.94. The Morgan fingerprint density at radius 1 is 0.821 bits per heavy atom. The SMILES string of the molecule is CCOc1cc(C2C3=C(CC(C)(C)CC3=O)N(C)C3=C2C(=O)CC(C)(C)C3)ccc1OCc1ccc(F)cc1. The van der Waals surface area contributed by atoms with Gasteiger partial charge < -0.3 is 14.4 Å². The maximum Gasteiger partial charge on any atom is 0.162 e.